The number of ether oxygens (including phenoxy) is 2. The highest BCUT2D eigenvalue weighted by Crippen LogP contribution is 2.11. The lowest BCUT2D eigenvalue weighted by Crippen LogP contribution is -2.32. The van der Waals surface area contributed by atoms with Crippen LogP contribution in [0, 0.1) is 0 Å². The van der Waals surface area contributed by atoms with Crippen molar-refractivity contribution in [3.63, 3.8) is 0 Å². The fraction of sp³-hybridized carbons (Fsp3) is 0.500. The molecule has 4 nitrogen and oxygen atoms in total. The van der Waals surface area contributed by atoms with Gasteiger partial charge in [-0.05, 0) is 0 Å². The summed E-state index contributed by atoms with van der Waals surface area (Å²) in [5.74, 6) is -2.35. The molecule has 0 atom stereocenters. The summed E-state index contributed by atoms with van der Waals surface area (Å²) >= 11 is 0. The predicted molar refractivity (Wildman–Crippen MR) is 42.1 cm³/mol. The van der Waals surface area contributed by atoms with Gasteiger partial charge in [-0.15, -0.1) is 0 Å². The Hall–Kier alpha value is -1.32. The Morgan fingerprint density at radius 2 is 1.83 bits per heavy atom. The topological polar surface area (TPSA) is 52.6 Å². The Morgan fingerprint density at radius 1 is 1.33 bits per heavy atom. The second kappa shape index (κ2) is 3.90. The molecule has 0 aromatic heterocycles. The van der Waals surface area contributed by atoms with Crippen molar-refractivity contribution in [3.8, 4) is 0 Å². The monoisotopic (exact) mass is 172 g/mol. The second-order valence-electron chi connectivity index (χ2n) is 2.62. The maximum absolute atomic E-state index is 10.7. The molecule has 0 spiro atoms. The Morgan fingerprint density at radius 3 is 2.17 bits per heavy atom. The van der Waals surface area contributed by atoms with Crippen molar-refractivity contribution >= 4 is 11.9 Å². The normalized spacial score (nSPS) is 10.2. The van der Waals surface area contributed by atoms with Crippen LogP contribution in [0.3, 0.4) is 0 Å². The zero-order valence-electron chi connectivity index (χ0n) is 7.42. The molecule has 0 aliphatic carbocycles. The molecule has 4 heteroatoms. The fourth-order valence-electron chi connectivity index (χ4n) is 0.651. The van der Waals surface area contributed by atoms with E-state index in [0.29, 0.717) is 0 Å². The largest absolute Gasteiger partial charge is 0.423 e. The van der Waals surface area contributed by atoms with Crippen LogP contribution in [-0.2, 0) is 19.1 Å². The van der Waals surface area contributed by atoms with Crippen molar-refractivity contribution in [2.24, 2.45) is 0 Å². The molecule has 0 rings (SSSR count). The van der Waals surface area contributed by atoms with E-state index in [-0.39, 0.29) is 0 Å². The van der Waals surface area contributed by atoms with Gasteiger partial charge >= 0.3 is 11.9 Å². The van der Waals surface area contributed by atoms with E-state index in [1.165, 1.54) is 20.8 Å². The van der Waals surface area contributed by atoms with Crippen LogP contribution in [0.2, 0.25) is 0 Å². The van der Waals surface area contributed by atoms with Gasteiger partial charge in [0, 0.05) is 26.8 Å². The summed E-state index contributed by atoms with van der Waals surface area (Å²) in [5.41, 5.74) is 0. The first kappa shape index (κ1) is 10.7. The van der Waals surface area contributed by atoms with E-state index in [1.807, 2.05) is 0 Å². The first-order chi connectivity index (χ1) is 5.37. The molecule has 68 valence electrons. The van der Waals surface area contributed by atoms with E-state index < -0.39 is 17.7 Å². The van der Waals surface area contributed by atoms with Gasteiger partial charge in [-0.2, -0.15) is 0 Å². The van der Waals surface area contributed by atoms with Crippen molar-refractivity contribution in [1.29, 1.82) is 0 Å². The van der Waals surface area contributed by atoms with Gasteiger partial charge in [0.25, 0.3) is 5.79 Å². The molecule has 0 saturated carbocycles. The molecule has 0 aromatic carbocycles. The Balaban J connectivity index is 4.11. The van der Waals surface area contributed by atoms with Crippen molar-refractivity contribution in [2.75, 3.05) is 0 Å². The van der Waals surface area contributed by atoms with Crippen LogP contribution in [0.15, 0.2) is 12.7 Å². The SMILES string of the molecule is C=CC(=O)OC(C)(C)OC(C)=O. The molecular weight excluding hydrogens is 160 g/mol. The van der Waals surface area contributed by atoms with Crippen LogP contribution >= 0.6 is 0 Å². The average molecular weight is 172 g/mol. The first-order valence-corrected chi connectivity index (χ1v) is 3.42. The predicted octanol–water partition coefficient (Wildman–Crippen LogP) is 1.01. The van der Waals surface area contributed by atoms with E-state index in [2.05, 4.69) is 11.3 Å². The third kappa shape index (κ3) is 4.49. The lowest BCUT2D eigenvalue weighted by molar-refractivity contribution is -0.211. The molecule has 0 amide bonds. The molecule has 12 heavy (non-hydrogen) atoms. The summed E-state index contributed by atoms with van der Waals surface area (Å²) < 4.78 is 9.38. The van der Waals surface area contributed by atoms with Crippen molar-refractivity contribution in [2.45, 2.75) is 26.6 Å². The summed E-state index contributed by atoms with van der Waals surface area (Å²) in [6, 6.07) is 0. The zero-order chi connectivity index (χ0) is 9.78. The zero-order valence-corrected chi connectivity index (χ0v) is 7.42. The number of carbonyl (C=O) groups is 2. The molecule has 0 fully saturated rings. The van der Waals surface area contributed by atoms with E-state index in [4.69, 9.17) is 4.74 Å². The highest BCUT2D eigenvalue weighted by atomic mass is 16.7. The number of rotatable bonds is 3. The van der Waals surface area contributed by atoms with Crippen LogP contribution < -0.4 is 0 Å². The van der Waals surface area contributed by atoms with Crippen molar-refractivity contribution in [3.05, 3.63) is 12.7 Å². The summed E-state index contributed by atoms with van der Waals surface area (Å²) in [6.07, 6.45) is 1.01. The Labute approximate surface area is 71.2 Å². The van der Waals surface area contributed by atoms with Gasteiger partial charge in [-0.3, -0.25) is 4.79 Å². The summed E-state index contributed by atoms with van der Waals surface area (Å²) in [4.78, 5) is 21.2. The smallest absolute Gasteiger partial charge is 0.333 e. The molecule has 0 unspecified atom stereocenters. The van der Waals surface area contributed by atoms with E-state index in [9.17, 15) is 9.59 Å². The lowest BCUT2D eigenvalue weighted by atomic mass is 10.4. The van der Waals surface area contributed by atoms with E-state index >= 15 is 0 Å². The minimum atomic E-state index is -1.23. The van der Waals surface area contributed by atoms with Crippen LogP contribution in [0.5, 0.6) is 0 Å². The third-order valence-electron chi connectivity index (χ3n) is 0.903. The molecule has 0 saturated heterocycles. The molecule has 0 N–H and O–H groups in total. The Kier molecular flexibility index (Phi) is 3.47. The number of carbonyl (C=O) groups excluding carboxylic acids is 2. The van der Waals surface area contributed by atoms with Crippen molar-refractivity contribution in [1.82, 2.24) is 0 Å². The average Bonchev–Trinajstić information content (AvgIpc) is 1.83. The van der Waals surface area contributed by atoms with E-state index in [0.717, 1.165) is 6.08 Å². The molecule has 0 aliphatic rings. The Bertz CT molecular complexity index is 205. The summed E-state index contributed by atoms with van der Waals surface area (Å²) in [6.45, 7) is 7.38. The first-order valence-electron chi connectivity index (χ1n) is 3.42. The number of hydrogen-bond donors (Lipinski definition) is 0. The van der Waals surface area contributed by atoms with Crippen LogP contribution in [0.4, 0.5) is 0 Å². The second-order valence-corrected chi connectivity index (χ2v) is 2.62. The molecular formula is C8H12O4. The van der Waals surface area contributed by atoms with Crippen LogP contribution in [0.25, 0.3) is 0 Å². The number of hydrogen-bond acceptors (Lipinski definition) is 4. The third-order valence-corrected chi connectivity index (χ3v) is 0.903. The highest BCUT2D eigenvalue weighted by Gasteiger charge is 2.24. The maximum Gasteiger partial charge on any atom is 0.333 e. The van der Waals surface area contributed by atoms with Crippen LogP contribution in [0.1, 0.15) is 20.8 Å². The standard InChI is InChI=1S/C8H12O4/c1-5-7(10)12-8(3,4)11-6(2)9/h5H,1H2,2-4H3. The molecule has 0 aromatic rings. The molecule has 0 heterocycles. The minimum absolute atomic E-state index is 0.503. The maximum atomic E-state index is 10.7. The summed E-state index contributed by atoms with van der Waals surface area (Å²) in [7, 11) is 0. The van der Waals surface area contributed by atoms with Gasteiger partial charge in [-0.1, -0.05) is 6.58 Å². The van der Waals surface area contributed by atoms with Gasteiger partial charge in [0.15, 0.2) is 0 Å². The van der Waals surface area contributed by atoms with Gasteiger partial charge in [0.1, 0.15) is 0 Å². The molecule has 0 radical (unpaired) electrons. The fourth-order valence-corrected chi connectivity index (χ4v) is 0.651. The van der Waals surface area contributed by atoms with Gasteiger partial charge < -0.3 is 9.47 Å². The van der Waals surface area contributed by atoms with Crippen LogP contribution in [-0.4, -0.2) is 17.7 Å². The minimum Gasteiger partial charge on any atom is -0.423 e. The quantitative estimate of drug-likeness (QED) is 0.362. The van der Waals surface area contributed by atoms with Crippen molar-refractivity contribution < 1.29 is 19.1 Å². The summed E-state index contributed by atoms with van der Waals surface area (Å²) in [5, 5.41) is 0. The lowest BCUT2D eigenvalue weighted by Gasteiger charge is -2.23. The molecule has 0 bridgehead atoms. The number of esters is 2. The van der Waals surface area contributed by atoms with Gasteiger partial charge in [0.2, 0.25) is 0 Å². The van der Waals surface area contributed by atoms with E-state index in [1.54, 1.807) is 0 Å². The molecule has 0 aliphatic heterocycles. The van der Waals surface area contributed by atoms with Gasteiger partial charge in [0.05, 0.1) is 0 Å². The highest BCUT2D eigenvalue weighted by molar-refractivity contribution is 5.81. The van der Waals surface area contributed by atoms with Gasteiger partial charge in [-0.25, -0.2) is 4.79 Å².